The van der Waals surface area contributed by atoms with Crippen molar-refractivity contribution in [3.8, 4) is 17.3 Å². The molecule has 1 aliphatic heterocycles. The number of nitrogens with zero attached hydrogens (tertiary/aromatic N) is 4. The zero-order valence-electron chi connectivity index (χ0n) is 18.3. The first-order valence-electron chi connectivity index (χ1n) is 10.8. The van der Waals surface area contributed by atoms with E-state index < -0.39 is 17.6 Å². The summed E-state index contributed by atoms with van der Waals surface area (Å²) in [7, 11) is 0. The molecule has 3 heterocycles. The molecule has 178 valence electrons. The van der Waals surface area contributed by atoms with Crippen molar-refractivity contribution in [3.63, 3.8) is 0 Å². The van der Waals surface area contributed by atoms with Crippen LogP contribution in [0.15, 0.2) is 55.0 Å². The van der Waals surface area contributed by atoms with Gasteiger partial charge in [-0.2, -0.15) is 13.2 Å². The highest BCUT2D eigenvalue weighted by Gasteiger charge is 2.35. The Bertz CT molecular complexity index is 1140. The number of rotatable bonds is 5. The molecule has 0 N–H and O–H groups in total. The lowest BCUT2D eigenvalue weighted by molar-refractivity contribution is -0.137. The van der Waals surface area contributed by atoms with E-state index in [-0.39, 0.29) is 47.3 Å². The summed E-state index contributed by atoms with van der Waals surface area (Å²) < 4.78 is 58.0. The van der Waals surface area contributed by atoms with Crippen LogP contribution in [-0.2, 0) is 6.18 Å². The van der Waals surface area contributed by atoms with E-state index in [1.54, 1.807) is 11.0 Å². The van der Waals surface area contributed by atoms with Gasteiger partial charge in [-0.1, -0.05) is 6.92 Å². The van der Waals surface area contributed by atoms with Crippen molar-refractivity contribution in [1.82, 2.24) is 19.9 Å². The molecule has 10 heteroatoms. The maximum Gasteiger partial charge on any atom is 0.417 e. The molecule has 1 amide bonds. The number of benzene rings is 1. The second-order valence-electron chi connectivity index (χ2n) is 8.14. The van der Waals surface area contributed by atoms with Crippen molar-refractivity contribution < 1.29 is 27.1 Å². The van der Waals surface area contributed by atoms with E-state index in [0.29, 0.717) is 12.7 Å². The van der Waals surface area contributed by atoms with Gasteiger partial charge in [0.2, 0.25) is 5.88 Å². The van der Waals surface area contributed by atoms with Crippen LogP contribution in [0.3, 0.4) is 0 Å². The maximum absolute atomic E-state index is 14.0. The van der Waals surface area contributed by atoms with Gasteiger partial charge >= 0.3 is 6.18 Å². The van der Waals surface area contributed by atoms with Crippen LogP contribution in [0.1, 0.15) is 35.7 Å². The fourth-order valence-electron chi connectivity index (χ4n) is 4.04. The fourth-order valence-corrected chi connectivity index (χ4v) is 4.04. The molecule has 34 heavy (non-hydrogen) atoms. The first kappa shape index (κ1) is 23.6. The molecule has 2 atom stereocenters. The van der Waals surface area contributed by atoms with Gasteiger partial charge in [0.25, 0.3) is 5.91 Å². The average Bonchev–Trinajstić information content (AvgIpc) is 2.83. The molecule has 6 nitrogen and oxygen atoms in total. The molecule has 0 bridgehead atoms. The minimum absolute atomic E-state index is 0.0401. The Kier molecular flexibility index (Phi) is 6.76. The number of carbonyl (C=O) groups is 1. The number of amides is 1. The summed E-state index contributed by atoms with van der Waals surface area (Å²) in [6.07, 6.45) is 0.891. The van der Waals surface area contributed by atoms with Gasteiger partial charge in [-0.3, -0.25) is 4.79 Å². The van der Waals surface area contributed by atoms with Crippen LogP contribution in [0.5, 0.6) is 5.88 Å². The molecule has 1 saturated heterocycles. The molecule has 0 radical (unpaired) electrons. The van der Waals surface area contributed by atoms with Crippen LogP contribution >= 0.6 is 0 Å². The van der Waals surface area contributed by atoms with Crippen molar-refractivity contribution in [2.24, 2.45) is 5.92 Å². The molecule has 0 spiro atoms. The molecule has 1 aliphatic rings. The SMILES string of the molecule is CC1CCCN(C(=O)c2ccc(F)cc2-c2ncccn2)C1COc1ccc(C(F)(F)F)cn1. The number of hydrogen-bond acceptors (Lipinski definition) is 5. The van der Waals surface area contributed by atoms with Crippen LogP contribution in [0.4, 0.5) is 17.6 Å². The van der Waals surface area contributed by atoms with Gasteiger partial charge in [-0.05, 0) is 49.1 Å². The summed E-state index contributed by atoms with van der Waals surface area (Å²) in [4.78, 5) is 27.3. The van der Waals surface area contributed by atoms with Crippen LogP contribution in [0.25, 0.3) is 11.4 Å². The van der Waals surface area contributed by atoms with Gasteiger partial charge in [0, 0.05) is 36.8 Å². The summed E-state index contributed by atoms with van der Waals surface area (Å²) in [5, 5.41) is 0. The van der Waals surface area contributed by atoms with Crippen molar-refractivity contribution in [2.45, 2.75) is 32.0 Å². The summed E-state index contributed by atoms with van der Waals surface area (Å²) >= 11 is 0. The van der Waals surface area contributed by atoms with Gasteiger partial charge in [0.15, 0.2) is 5.82 Å². The fraction of sp³-hybridized carbons (Fsp3) is 0.333. The minimum Gasteiger partial charge on any atom is -0.475 e. The molecule has 3 aromatic rings. The lowest BCUT2D eigenvalue weighted by Gasteiger charge is -2.40. The van der Waals surface area contributed by atoms with E-state index in [4.69, 9.17) is 4.74 Å². The topological polar surface area (TPSA) is 68.2 Å². The van der Waals surface area contributed by atoms with Gasteiger partial charge in [0.1, 0.15) is 12.4 Å². The van der Waals surface area contributed by atoms with Crippen LogP contribution < -0.4 is 4.74 Å². The Hall–Kier alpha value is -3.56. The van der Waals surface area contributed by atoms with Gasteiger partial charge in [-0.15, -0.1) is 0 Å². The summed E-state index contributed by atoms with van der Waals surface area (Å²) in [6.45, 7) is 2.51. The number of hydrogen-bond donors (Lipinski definition) is 0. The van der Waals surface area contributed by atoms with Gasteiger partial charge in [0.05, 0.1) is 17.2 Å². The largest absolute Gasteiger partial charge is 0.475 e. The number of halogens is 4. The second kappa shape index (κ2) is 9.74. The first-order chi connectivity index (χ1) is 16.2. The molecule has 0 saturated carbocycles. The average molecular weight is 474 g/mol. The van der Waals surface area contributed by atoms with E-state index >= 15 is 0 Å². The third-order valence-corrected chi connectivity index (χ3v) is 5.86. The Balaban J connectivity index is 1.56. The van der Waals surface area contributed by atoms with Crippen LogP contribution in [0.2, 0.25) is 0 Å². The number of ether oxygens (including phenoxy) is 1. The number of likely N-dealkylation sites (tertiary alicyclic amines) is 1. The van der Waals surface area contributed by atoms with E-state index in [1.165, 1.54) is 30.6 Å². The molecule has 2 aromatic heterocycles. The molecule has 1 aromatic carbocycles. The summed E-state index contributed by atoms with van der Waals surface area (Å²) in [5.74, 6) is -0.484. The van der Waals surface area contributed by atoms with Crippen LogP contribution in [0, 0.1) is 11.7 Å². The summed E-state index contributed by atoms with van der Waals surface area (Å²) in [5.41, 5.74) is -0.318. The molecular formula is C24H22F4N4O2. The molecule has 2 unspecified atom stereocenters. The van der Waals surface area contributed by atoms with E-state index in [2.05, 4.69) is 15.0 Å². The molecular weight excluding hydrogens is 452 g/mol. The zero-order chi connectivity index (χ0) is 24.3. The van der Waals surface area contributed by atoms with Gasteiger partial charge in [-0.25, -0.2) is 19.3 Å². The predicted molar refractivity (Wildman–Crippen MR) is 115 cm³/mol. The number of carbonyl (C=O) groups excluding carboxylic acids is 1. The third kappa shape index (κ3) is 5.16. The van der Waals surface area contributed by atoms with Crippen molar-refractivity contribution >= 4 is 5.91 Å². The monoisotopic (exact) mass is 474 g/mol. The molecule has 0 aliphatic carbocycles. The lowest BCUT2D eigenvalue weighted by atomic mass is 9.90. The van der Waals surface area contributed by atoms with E-state index in [9.17, 15) is 22.4 Å². The highest BCUT2D eigenvalue weighted by molar-refractivity contribution is 6.00. The number of aromatic nitrogens is 3. The number of alkyl halides is 3. The van der Waals surface area contributed by atoms with E-state index in [0.717, 1.165) is 25.0 Å². The first-order valence-corrected chi connectivity index (χ1v) is 10.8. The number of piperidine rings is 1. The Morgan fingerprint density at radius 1 is 1.15 bits per heavy atom. The summed E-state index contributed by atoms with van der Waals surface area (Å²) in [6, 6.07) is 7.20. The highest BCUT2D eigenvalue weighted by Crippen LogP contribution is 2.31. The maximum atomic E-state index is 14.0. The quantitative estimate of drug-likeness (QED) is 0.486. The third-order valence-electron chi connectivity index (χ3n) is 5.86. The predicted octanol–water partition coefficient (Wildman–Crippen LogP) is 5.02. The molecule has 4 rings (SSSR count). The minimum atomic E-state index is -4.48. The van der Waals surface area contributed by atoms with Crippen molar-refractivity contribution in [2.75, 3.05) is 13.2 Å². The van der Waals surface area contributed by atoms with Crippen molar-refractivity contribution in [1.29, 1.82) is 0 Å². The Morgan fingerprint density at radius 2 is 1.91 bits per heavy atom. The Morgan fingerprint density at radius 3 is 2.59 bits per heavy atom. The smallest absolute Gasteiger partial charge is 0.417 e. The highest BCUT2D eigenvalue weighted by atomic mass is 19.4. The lowest BCUT2D eigenvalue weighted by Crippen LogP contribution is -2.50. The van der Waals surface area contributed by atoms with Crippen LogP contribution in [-0.4, -0.2) is 45.0 Å². The zero-order valence-corrected chi connectivity index (χ0v) is 18.3. The Labute approximate surface area is 193 Å². The standard InChI is InChI=1S/C24H22F4N4O2/c1-15-4-2-11-32(20(15)14-34-21-8-5-16(13-31-21)24(26,27)28)23(33)18-7-6-17(25)12-19(18)22-29-9-3-10-30-22/h3,5-10,12-13,15,20H,2,4,11,14H2,1H3. The number of pyridine rings is 1. The van der Waals surface area contributed by atoms with Crippen molar-refractivity contribution in [3.05, 3.63) is 71.9 Å². The normalized spacial score (nSPS) is 18.6. The van der Waals surface area contributed by atoms with E-state index in [1.807, 2.05) is 6.92 Å². The second-order valence-corrected chi connectivity index (χ2v) is 8.14. The molecule has 1 fully saturated rings. The van der Waals surface area contributed by atoms with Gasteiger partial charge < -0.3 is 9.64 Å².